The highest BCUT2D eigenvalue weighted by Gasteiger charge is 2.47. The number of rotatable bonds is 4. The third-order valence-electron chi connectivity index (χ3n) is 3.81. The summed E-state index contributed by atoms with van der Waals surface area (Å²) in [5, 5.41) is 15.1. The molecule has 2 atom stereocenters. The summed E-state index contributed by atoms with van der Waals surface area (Å²) in [7, 11) is 0. The number of nitrogens with zero attached hydrogens (tertiary/aromatic N) is 3. The molecule has 7 nitrogen and oxygen atoms in total. The lowest BCUT2D eigenvalue weighted by Crippen LogP contribution is -2.34. The Bertz CT molecular complexity index is 867. The van der Waals surface area contributed by atoms with E-state index in [2.05, 4.69) is 10.1 Å². The minimum absolute atomic E-state index is 0.161. The van der Waals surface area contributed by atoms with Crippen LogP contribution in [0.3, 0.4) is 0 Å². The molecule has 1 fully saturated rings. The predicted molar refractivity (Wildman–Crippen MR) is 85.8 cm³/mol. The van der Waals surface area contributed by atoms with E-state index in [1.165, 1.54) is 6.33 Å². The highest BCUT2D eigenvalue weighted by atomic mass is 35.5. The molecule has 0 aliphatic carbocycles. The molecule has 0 amide bonds. The molecule has 1 N–H and O–H groups in total. The van der Waals surface area contributed by atoms with Crippen LogP contribution in [0.25, 0.3) is 11.0 Å². The summed E-state index contributed by atoms with van der Waals surface area (Å²) in [6, 6.07) is 5.12. The third-order valence-corrected chi connectivity index (χ3v) is 4.31. The summed E-state index contributed by atoms with van der Waals surface area (Å²) in [4.78, 5) is 3.92. The second kappa shape index (κ2) is 6.02. The van der Waals surface area contributed by atoms with Gasteiger partial charge in [-0.15, -0.1) is 0 Å². The Morgan fingerprint density at radius 3 is 2.92 bits per heavy atom. The van der Waals surface area contributed by atoms with E-state index in [9.17, 15) is 5.11 Å². The van der Waals surface area contributed by atoms with Crippen molar-refractivity contribution >= 4 is 34.2 Å². The largest absolute Gasteiger partial charge is 0.454 e. The molecule has 3 aromatic rings. The number of fused-ring (bicyclic) bond motifs is 1. The van der Waals surface area contributed by atoms with Crippen LogP contribution in [0.4, 0.5) is 0 Å². The molecular weight excluding hydrogens is 357 g/mol. The molecule has 3 heterocycles. The van der Waals surface area contributed by atoms with Gasteiger partial charge in [-0.2, -0.15) is 5.10 Å². The van der Waals surface area contributed by atoms with E-state index in [1.54, 1.807) is 29.2 Å². The van der Waals surface area contributed by atoms with Crippen LogP contribution in [-0.4, -0.2) is 39.2 Å². The first kappa shape index (κ1) is 15.9. The number of furan rings is 1. The van der Waals surface area contributed by atoms with E-state index >= 15 is 0 Å². The van der Waals surface area contributed by atoms with Gasteiger partial charge in [-0.3, -0.25) is 0 Å². The predicted octanol–water partition coefficient (Wildman–Crippen LogP) is 2.59. The Labute approximate surface area is 146 Å². The fourth-order valence-corrected chi connectivity index (χ4v) is 3.28. The number of benzene rings is 1. The molecule has 1 aromatic carbocycles. The Hall–Kier alpha value is -1.64. The van der Waals surface area contributed by atoms with Crippen molar-refractivity contribution in [1.29, 1.82) is 0 Å². The first-order valence-electron chi connectivity index (χ1n) is 7.24. The Morgan fingerprint density at radius 1 is 1.33 bits per heavy atom. The number of hydrogen-bond donors (Lipinski definition) is 1. The van der Waals surface area contributed by atoms with Crippen LogP contribution in [0.15, 0.2) is 35.3 Å². The van der Waals surface area contributed by atoms with Crippen molar-refractivity contribution in [3.05, 3.63) is 46.7 Å². The minimum Gasteiger partial charge on any atom is -0.454 e. The highest BCUT2D eigenvalue weighted by molar-refractivity contribution is 6.38. The maximum Gasteiger partial charge on any atom is 0.249 e. The fourth-order valence-electron chi connectivity index (χ4n) is 2.74. The first-order valence-corrected chi connectivity index (χ1v) is 7.99. The lowest BCUT2D eigenvalue weighted by Gasteiger charge is -2.25. The molecular formula is C15H13Cl2N3O4. The number of aliphatic hydroxyl groups is 1. The van der Waals surface area contributed by atoms with Gasteiger partial charge in [0.15, 0.2) is 11.3 Å². The zero-order chi connectivity index (χ0) is 16.7. The molecule has 1 aliphatic rings. The van der Waals surface area contributed by atoms with Gasteiger partial charge in [-0.25, -0.2) is 9.67 Å². The second-order valence-electron chi connectivity index (χ2n) is 5.50. The summed E-state index contributed by atoms with van der Waals surface area (Å²) in [6.45, 7) is 0.289. The molecule has 0 spiro atoms. The lowest BCUT2D eigenvalue weighted by atomic mass is 10.2. The monoisotopic (exact) mass is 369 g/mol. The first-order chi connectivity index (χ1) is 11.6. The van der Waals surface area contributed by atoms with Crippen molar-refractivity contribution in [2.75, 3.05) is 13.2 Å². The van der Waals surface area contributed by atoms with E-state index in [-0.39, 0.29) is 19.8 Å². The van der Waals surface area contributed by atoms with Crippen molar-refractivity contribution in [3.8, 4) is 0 Å². The maximum atomic E-state index is 9.38. The Morgan fingerprint density at radius 2 is 2.21 bits per heavy atom. The quantitative estimate of drug-likeness (QED) is 0.760. The number of halogens is 2. The summed E-state index contributed by atoms with van der Waals surface area (Å²) in [6.07, 6.45) is 2.51. The Kier molecular flexibility index (Phi) is 3.98. The van der Waals surface area contributed by atoms with Crippen LogP contribution >= 0.6 is 23.2 Å². The van der Waals surface area contributed by atoms with Gasteiger partial charge in [0, 0.05) is 10.4 Å². The van der Waals surface area contributed by atoms with Crippen LogP contribution in [0, 0.1) is 0 Å². The Balaban J connectivity index is 1.80. The number of aliphatic hydroxyl groups excluding tert-OH is 1. The topological polar surface area (TPSA) is 82.5 Å². The van der Waals surface area contributed by atoms with Crippen LogP contribution in [-0.2, 0) is 21.8 Å². The van der Waals surface area contributed by atoms with Crippen molar-refractivity contribution in [2.45, 2.75) is 18.4 Å². The highest BCUT2D eigenvalue weighted by Crippen LogP contribution is 2.40. The average Bonchev–Trinajstić information content (AvgIpc) is 3.26. The zero-order valence-electron chi connectivity index (χ0n) is 12.4. The second-order valence-corrected chi connectivity index (χ2v) is 6.34. The van der Waals surface area contributed by atoms with Gasteiger partial charge in [0.2, 0.25) is 5.79 Å². The van der Waals surface area contributed by atoms with Gasteiger partial charge >= 0.3 is 0 Å². The molecule has 0 bridgehead atoms. The summed E-state index contributed by atoms with van der Waals surface area (Å²) in [5.41, 5.74) is 0.494. The summed E-state index contributed by atoms with van der Waals surface area (Å²) >= 11 is 12.2. The molecule has 1 saturated heterocycles. The van der Waals surface area contributed by atoms with E-state index in [0.717, 1.165) is 5.39 Å². The lowest BCUT2D eigenvalue weighted by molar-refractivity contribution is -0.202. The van der Waals surface area contributed by atoms with Crippen LogP contribution in [0.5, 0.6) is 0 Å². The summed E-state index contributed by atoms with van der Waals surface area (Å²) < 4.78 is 19.3. The normalized spacial score (nSPS) is 24.0. The molecule has 0 radical (unpaired) electrons. The third kappa shape index (κ3) is 2.68. The zero-order valence-corrected chi connectivity index (χ0v) is 13.9. The van der Waals surface area contributed by atoms with Gasteiger partial charge in [-0.1, -0.05) is 23.2 Å². The number of aromatic nitrogens is 3. The average molecular weight is 370 g/mol. The van der Waals surface area contributed by atoms with Crippen LogP contribution in [0.1, 0.15) is 5.76 Å². The van der Waals surface area contributed by atoms with Crippen molar-refractivity contribution < 1.29 is 19.0 Å². The summed E-state index contributed by atoms with van der Waals surface area (Å²) in [5.74, 6) is -0.802. The van der Waals surface area contributed by atoms with Gasteiger partial charge in [0.05, 0.1) is 18.2 Å². The van der Waals surface area contributed by atoms with Crippen molar-refractivity contribution in [2.24, 2.45) is 0 Å². The SMILES string of the molecule is OCC1COC(Cn2cncn2)(c2cc3cc(Cl)cc(Cl)c3o2)O1. The van der Waals surface area contributed by atoms with Gasteiger partial charge in [0.1, 0.15) is 25.3 Å². The van der Waals surface area contributed by atoms with E-state index in [4.69, 9.17) is 37.1 Å². The minimum atomic E-state index is -1.23. The van der Waals surface area contributed by atoms with Gasteiger partial charge in [0.25, 0.3) is 0 Å². The van der Waals surface area contributed by atoms with E-state index in [0.29, 0.717) is 21.4 Å². The van der Waals surface area contributed by atoms with E-state index < -0.39 is 11.9 Å². The molecule has 1 aliphatic heterocycles. The van der Waals surface area contributed by atoms with E-state index in [1.807, 2.05) is 0 Å². The van der Waals surface area contributed by atoms with Crippen LogP contribution < -0.4 is 0 Å². The molecule has 126 valence electrons. The smallest absolute Gasteiger partial charge is 0.249 e. The number of hydrogen-bond acceptors (Lipinski definition) is 6. The molecule has 0 saturated carbocycles. The molecule has 2 aromatic heterocycles. The molecule has 24 heavy (non-hydrogen) atoms. The molecule has 2 unspecified atom stereocenters. The van der Waals surface area contributed by atoms with Crippen LogP contribution in [0.2, 0.25) is 10.0 Å². The fraction of sp³-hybridized carbons (Fsp3) is 0.333. The van der Waals surface area contributed by atoms with Crippen molar-refractivity contribution in [3.63, 3.8) is 0 Å². The van der Waals surface area contributed by atoms with Gasteiger partial charge < -0.3 is 19.0 Å². The molecule has 4 rings (SSSR count). The maximum absolute atomic E-state index is 9.38. The number of ether oxygens (including phenoxy) is 2. The van der Waals surface area contributed by atoms with Gasteiger partial charge in [-0.05, 0) is 18.2 Å². The standard InChI is InChI=1S/C15H13Cl2N3O4/c16-10-1-9-2-13(23-14(9)12(17)3-10)15(6-20-8-18-7-19-20)22-5-11(4-21)24-15/h1-3,7-8,11,21H,4-6H2. The van der Waals surface area contributed by atoms with Crippen molar-refractivity contribution in [1.82, 2.24) is 14.8 Å². The molecule has 9 heteroatoms.